The quantitative estimate of drug-likeness (QED) is 0.604. The zero-order chi connectivity index (χ0) is 15.8. The topological polar surface area (TPSA) is 58.1 Å². The summed E-state index contributed by atoms with van der Waals surface area (Å²) in [6, 6.07) is 17.9. The first-order valence-corrected chi connectivity index (χ1v) is 7.46. The molecule has 0 radical (unpaired) electrons. The SMILES string of the molecule is COc1ccc(-c2nc(CO)cc3c2[nH]c2ccccc23)cc1. The Labute approximate surface area is 133 Å². The van der Waals surface area contributed by atoms with Gasteiger partial charge in [0.05, 0.1) is 30.6 Å². The van der Waals surface area contributed by atoms with Gasteiger partial charge in [-0.05, 0) is 36.4 Å². The van der Waals surface area contributed by atoms with Crippen molar-refractivity contribution in [3.63, 3.8) is 0 Å². The van der Waals surface area contributed by atoms with Crippen LogP contribution in [0.5, 0.6) is 5.75 Å². The average molecular weight is 304 g/mol. The number of aromatic nitrogens is 2. The summed E-state index contributed by atoms with van der Waals surface area (Å²) in [5, 5.41) is 11.8. The van der Waals surface area contributed by atoms with Gasteiger partial charge < -0.3 is 14.8 Å². The lowest BCUT2D eigenvalue weighted by molar-refractivity contribution is 0.277. The first kappa shape index (κ1) is 13.8. The van der Waals surface area contributed by atoms with Crippen molar-refractivity contribution in [2.75, 3.05) is 7.11 Å². The number of nitrogens with zero attached hydrogens (tertiary/aromatic N) is 1. The molecule has 23 heavy (non-hydrogen) atoms. The van der Waals surface area contributed by atoms with E-state index in [2.05, 4.69) is 16.0 Å². The molecule has 4 aromatic rings. The van der Waals surface area contributed by atoms with Gasteiger partial charge in [-0.1, -0.05) is 18.2 Å². The Morgan fingerprint density at radius 2 is 1.83 bits per heavy atom. The molecule has 2 heterocycles. The number of aliphatic hydroxyl groups is 1. The van der Waals surface area contributed by atoms with Crippen molar-refractivity contribution < 1.29 is 9.84 Å². The van der Waals surface area contributed by atoms with E-state index in [1.807, 2.05) is 48.5 Å². The highest BCUT2D eigenvalue weighted by atomic mass is 16.5. The van der Waals surface area contributed by atoms with Crippen LogP contribution < -0.4 is 4.74 Å². The molecule has 0 aliphatic rings. The molecule has 4 heteroatoms. The minimum Gasteiger partial charge on any atom is -0.497 e. The fraction of sp³-hybridized carbons (Fsp3) is 0.105. The first-order valence-electron chi connectivity index (χ1n) is 7.46. The second-order valence-corrected chi connectivity index (χ2v) is 5.44. The van der Waals surface area contributed by atoms with Crippen LogP contribution in [0.1, 0.15) is 5.69 Å². The molecule has 4 rings (SSSR count). The van der Waals surface area contributed by atoms with Crippen LogP contribution in [0.15, 0.2) is 54.6 Å². The number of aliphatic hydroxyl groups excluding tert-OH is 1. The van der Waals surface area contributed by atoms with Crippen molar-refractivity contribution in [1.29, 1.82) is 0 Å². The van der Waals surface area contributed by atoms with Crippen LogP contribution in [0, 0.1) is 0 Å². The maximum absolute atomic E-state index is 9.57. The molecule has 0 unspecified atom stereocenters. The third kappa shape index (κ3) is 2.24. The van der Waals surface area contributed by atoms with E-state index in [9.17, 15) is 5.11 Å². The molecule has 0 aliphatic carbocycles. The van der Waals surface area contributed by atoms with Crippen LogP contribution in [-0.4, -0.2) is 22.2 Å². The molecule has 2 aromatic carbocycles. The predicted molar refractivity (Wildman–Crippen MR) is 91.5 cm³/mol. The minimum absolute atomic E-state index is 0.0847. The molecule has 0 atom stereocenters. The number of ether oxygens (including phenoxy) is 1. The Hall–Kier alpha value is -2.85. The highest BCUT2D eigenvalue weighted by molar-refractivity contribution is 6.11. The Balaban J connectivity index is 2.03. The minimum atomic E-state index is -0.0847. The smallest absolute Gasteiger partial charge is 0.118 e. The molecule has 0 bridgehead atoms. The molecule has 2 N–H and O–H groups in total. The van der Waals surface area contributed by atoms with Crippen molar-refractivity contribution in [2.24, 2.45) is 0 Å². The Kier molecular flexibility index (Phi) is 3.24. The summed E-state index contributed by atoms with van der Waals surface area (Å²) >= 11 is 0. The van der Waals surface area contributed by atoms with Crippen LogP contribution in [0.2, 0.25) is 0 Å². The largest absolute Gasteiger partial charge is 0.497 e. The van der Waals surface area contributed by atoms with Gasteiger partial charge in [0.25, 0.3) is 0 Å². The van der Waals surface area contributed by atoms with Crippen molar-refractivity contribution in [2.45, 2.75) is 6.61 Å². The Morgan fingerprint density at radius 1 is 1.04 bits per heavy atom. The van der Waals surface area contributed by atoms with Crippen LogP contribution in [0.3, 0.4) is 0 Å². The lowest BCUT2D eigenvalue weighted by Gasteiger charge is -2.07. The second kappa shape index (κ2) is 5.41. The fourth-order valence-corrected chi connectivity index (χ4v) is 2.94. The zero-order valence-corrected chi connectivity index (χ0v) is 12.7. The van der Waals surface area contributed by atoms with Crippen molar-refractivity contribution >= 4 is 21.8 Å². The summed E-state index contributed by atoms with van der Waals surface area (Å²) in [6.07, 6.45) is 0. The number of fused-ring (bicyclic) bond motifs is 3. The van der Waals surface area contributed by atoms with E-state index in [1.165, 1.54) is 0 Å². The van der Waals surface area contributed by atoms with E-state index in [0.717, 1.165) is 38.8 Å². The lowest BCUT2D eigenvalue weighted by atomic mass is 10.1. The molecule has 0 spiro atoms. The molecule has 114 valence electrons. The summed E-state index contributed by atoms with van der Waals surface area (Å²) in [6.45, 7) is -0.0847. The van der Waals surface area contributed by atoms with Crippen molar-refractivity contribution in [1.82, 2.24) is 9.97 Å². The van der Waals surface area contributed by atoms with E-state index in [0.29, 0.717) is 5.69 Å². The van der Waals surface area contributed by atoms with Gasteiger partial charge in [0.1, 0.15) is 5.75 Å². The van der Waals surface area contributed by atoms with E-state index in [-0.39, 0.29) is 6.61 Å². The predicted octanol–water partition coefficient (Wildman–Crippen LogP) is 3.88. The van der Waals surface area contributed by atoms with Crippen molar-refractivity contribution in [3.8, 4) is 17.0 Å². The van der Waals surface area contributed by atoms with Crippen LogP contribution in [-0.2, 0) is 6.61 Å². The van der Waals surface area contributed by atoms with E-state index in [1.54, 1.807) is 7.11 Å². The summed E-state index contributed by atoms with van der Waals surface area (Å²) in [5.41, 5.74) is 4.53. The summed E-state index contributed by atoms with van der Waals surface area (Å²) in [7, 11) is 1.65. The van der Waals surface area contributed by atoms with Gasteiger partial charge in [-0.3, -0.25) is 0 Å². The number of H-pyrrole nitrogens is 1. The molecule has 0 fully saturated rings. The van der Waals surface area contributed by atoms with Gasteiger partial charge in [-0.25, -0.2) is 4.98 Å². The second-order valence-electron chi connectivity index (χ2n) is 5.44. The van der Waals surface area contributed by atoms with Gasteiger partial charge in [0, 0.05) is 21.9 Å². The van der Waals surface area contributed by atoms with Gasteiger partial charge in [-0.15, -0.1) is 0 Å². The summed E-state index contributed by atoms with van der Waals surface area (Å²) in [4.78, 5) is 8.07. The van der Waals surface area contributed by atoms with Crippen LogP contribution >= 0.6 is 0 Å². The standard InChI is InChI=1S/C19H16N2O2/c1-23-14-8-6-12(7-9-14)18-19-16(10-13(11-22)20-18)15-4-2-3-5-17(15)21-19/h2-10,21-22H,11H2,1H3. The third-order valence-corrected chi connectivity index (χ3v) is 4.07. The average Bonchev–Trinajstić information content (AvgIpc) is 2.99. The van der Waals surface area contributed by atoms with Crippen LogP contribution in [0.25, 0.3) is 33.1 Å². The molecule has 0 saturated carbocycles. The molecule has 2 aromatic heterocycles. The molecule has 0 saturated heterocycles. The molecule has 4 nitrogen and oxygen atoms in total. The third-order valence-electron chi connectivity index (χ3n) is 4.07. The Morgan fingerprint density at radius 3 is 2.57 bits per heavy atom. The normalized spacial score (nSPS) is 11.2. The highest BCUT2D eigenvalue weighted by Gasteiger charge is 2.13. The van der Waals surface area contributed by atoms with Gasteiger partial charge in [0.15, 0.2) is 0 Å². The molecular weight excluding hydrogens is 288 g/mol. The Bertz CT molecular complexity index is 988. The molecule has 0 amide bonds. The lowest BCUT2D eigenvalue weighted by Crippen LogP contribution is -1.93. The number of para-hydroxylation sites is 1. The fourth-order valence-electron chi connectivity index (χ4n) is 2.94. The number of hydrogen-bond acceptors (Lipinski definition) is 3. The highest BCUT2D eigenvalue weighted by Crippen LogP contribution is 2.33. The van der Waals surface area contributed by atoms with Gasteiger partial charge in [0.2, 0.25) is 0 Å². The summed E-state index contributed by atoms with van der Waals surface area (Å²) < 4.78 is 5.22. The van der Waals surface area contributed by atoms with Gasteiger partial charge >= 0.3 is 0 Å². The van der Waals surface area contributed by atoms with E-state index < -0.39 is 0 Å². The first-order chi connectivity index (χ1) is 11.3. The summed E-state index contributed by atoms with van der Waals surface area (Å²) in [5.74, 6) is 0.806. The number of methoxy groups -OCH3 is 1. The maximum atomic E-state index is 9.57. The zero-order valence-electron chi connectivity index (χ0n) is 12.7. The van der Waals surface area contributed by atoms with Crippen LogP contribution in [0.4, 0.5) is 0 Å². The van der Waals surface area contributed by atoms with Gasteiger partial charge in [-0.2, -0.15) is 0 Å². The number of rotatable bonds is 3. The van der Waals surface area contributed by atoms with Crippen molar-refractivity contribution in [3.05, 3.63) is 60.3 Å². The van der Waals surface area contributed by atoms with E-state index >= 15 is 0 Å². The number of nitrogens with one attached hydrogen (secondary N) is 1. The number of benzene rings is 2. The maximum Gasteiger partial charge on any atom is 0.118 e. The molecular formula is C19H16N2O2. The number of hydrogen-bond donors (Lipinski definition) is 2. The molecule has 0 aliphatic heterocycles. The van der Waals surface area contributed by atoms with E-state index in [4.69, 9.17) is 4.74 Å². The number of aromatic amines is 1. The number of pyridine rings is 1. The monoisotopic (exact) mass is 304 g/mol.